The highest BCUT2D eigenvalue weighted by molar-refractivity contribution is 6.29. The Kier molecular flexibility index (Phi) is 4.78. The molecule has 0 spiro atoms. The molecule has 1 aliphatic carbocycles. The van der Waals surface area contributed by atoms with Crippen molar-refractivity contribution in [3.8, 4) is 0 Å². The van der Waals surface area contributed by atoms with Gasteiger partial charge < -0.3 is 10.4 Å². The van der Waals surface area contributed by atoms with Gasteiger partial charge in [0.1, 0.15) is 0 Å². The summed E-state index contributed by atoms with van der Waals surface area (Å²) in [6, 6.07) is 0. The summed E-state index contributed by atoms with van der Waals surface area (Å²) in [5.74, 6) is 0.407. The van der Waals surface area contributed by atoms with E-state index >= 15 is 0 Å². The standard InChI is InChI=1S/C10H18ClNO/c1-8(11)6-12-7-9-4-2-3-5-10(9)13/h9-10,12-13H,1-7H2. The molecular formula is C10H18ClNO. The molecule has 2 N–H and O–H groups in total. The van der Waals surface area contributed by atoms with Crippen LogP contribution < -0.4 is 5.32 Å². The van der Waals surface area contributed by atoms with Crippen LogP contribution in [0.5, 0.6) is 0 Å². The van der Waals surface area contributed by atoms with E-state index in [1.54, 1.807) is 0 Å². The van der Waals surface area contributed by atoms with E-state index in [-0.39, 0.29) is 6.10 Å². The fraction of sp³-hybridized carbons (Fsp3) is 0.800. The number of hydrogen-bond donors (Lipinski definition) is 2. The zero-order valence-electron chi connectivity index (χ0n) is 7.93. The predicted molar refractivity (Wildman–Crippen MR) is 55.8 cm³/mol. The van der Waals surface area contributed by atoms with Crippen LogP contribution in [0.1, 0.15) is 25.7 Å². The minimum atomic E-state index is -0.121. The van der Waals surface area contributed by atoms with Crippen LogP contribution >= 0.6 is 11.6 Å². The topological polar surface area (TPSA) is 32.3 Å². The van der Waals surface area contributed by atoms with E-state index in [9.17, 15) is 5.11 Å². The normalized spacial score (nSPS) is 28.8. The van der Waals surface area contributed by atoms with E-state index in [2.05, 4.69) is 11.9 Å². The molecule has 0 aromatic rings. The second-order valence-corrected chi connectivity index (χ2v) is 4.29. The Morgan fingerprint density at radius 2 is 2.15 bits per heavy atom. The second kappa shape index (κ2) is 5.63. The lowest BCUT2D eigenvalue weighted by Crippen LogP contribution is -2.34. The summed E-state index contributed by atoms with van der Waals surface area (Å²) in [6.07, 6.45) is 4.37. The summed E-state index contributed by atoms with van der Waals surface area (Å²) in [6.45, 7) is 5.09. The van der Waals surface area contributed by atoms with Crippen LogP contribution in [-0.2, 0) is 0 Å². The van der Waals surface area contributed by atoms with Gasteiger partial charge in [0.15, 0.2) is 0 Å². The Hall–Kier alpha value is -0.0500. The van der Waals surface area contributed by atoms with Gasteiger partial charge in [-0.05, 0) is 18.8 Å². The van der Waals surface area contributed by atoms with Gasteiger partial charge in [0.25, 0.3) is 0 Å². The Balaban J connectivity index is 2.15. The van der Waals surface area contributed by atoms with Crippen molar-refractivity contribution in [3.05, 3.63) is 11.6 Å². The fourth-order valence-electron chi connectivity index (χ4n) is 1.82. The third-order valence-corrected chi connectivity index (χ3v) is 2.73. The maximum absolute atomic E-state index is 9.64. The molecule has 0 saturated heterocycles. The number of aliphatic hydroxyl groups excluding tert-OH is 1. The van der Waals surface area contributed by atoms with Crippen molar-refractivity contribution in [1.29, 1.82) is 0 Å². The highest BCUT2D eigenvalue weighted by atomic mass is 35.5. The molecule has 0 radical (unpaired) electrons. The zero-order chi connectivity index (χ0) is 9.68. The molecule has 1 saturated carbocycles. The van der Waals surface area contributed by atoms with Crippen LogP contribution in [0.25, 0.3) is 0 Å². The van der Waals surface area contributed by atoms with Crippen molar-refractivity contribution >= 4 is 11.6 Å². The van der Waals surface area contributed by atoms with Crippen LogP contribution in [0.2, 0.25) is 0 Å². The van der Waals surface area contributed by atoms with E-state index in [4.69, 9.17) is 11.6 Å². The molecule has 2 nitrogen and oxygen atoms in total. The summed E-state index contributed by atoms with van der Waals surface area (Å²) in [5, 5.41) is 13.5. The van der Waals surface area contributed by atoms with Crippen LogP contribution in [0.4, 0.5) is 0 Å². The minimum absolute atomic E-state index is 0.121. The summed E-state index contributed by atoms with van der Waals surface area (Å²) in [7, 11) is 0. The smallest absolute Gasteiger partial charge is 0.0580 e. The van der Waals surface area contributed by atoms with Crippen LogP contribution in [-0.4, -0.2) is 24.3 Å². The molecule has 13 heavy (non-hydrogen) atoms. The molecule has 1 fully saturated rings. The monoisotopic (exact) mass is 203 g/mol. The van der Waals surface area contributed by atoms with Crippen molar-refractivity contribution in [1.82, 2.24) is 5.32 Å². The van der Waals surface area contributed by atoms with E-state index in [1.165, 1.54) is 12.8 Å². The quantitative estimate of drug-likeness (QED) is 0.732. The summed E-state index contributed by atoms with van der Waals surface area (Å²) >= 11 is 5.61. The molecule has 0 aromatic heterocycles. The lowest BCUT2D eigenvalue weighted by molar-refractivity contribution is 0.0701. The Morgan fingerprint density at radius 3 is 2.77 bits per heavy atom. The molecular weight excluding hydrogens is 186 g/mol. The molecule has 2 atom stereocenters. The number of halogens is 1. The van der Waals surface area contributed by atoms with Gasteiger partial charge in [-0.3, -0.25) is 0 Å². The zero-order valence-corrected chi connectivity index (χ0v) is 8.69. The fourth-order valence-corrected chi connectivity index (χ4v) is 1.91. The van der Waals surface area contributed by atoms with Crippen molar-refractivity contribution in [3.63, 3.8) is 0 Å². The van der Waals surface area contributed by atoms with Gasteiger partial charge in [-0.25, -0.2) is 0 Å². The van der Waals surface area contributed by atoms with Gasteiger partial charge in [-0.2, -0.15) is 0 Å². The first-order valence-corrected chi connectivity index (χ1v) is 5.30. The minimum Gasteiger partial charge on any atom is -0.393 e. The number of nitrogens with one attached hydrogen (secondary N) is 1. The average molecular weight is 204 g/mol. The molecule has 3 heteroatoms. The highest BCUT2D eigenvalue weighted by Gasteiger charge is 2.22. The van der Waals surface area contributed by atoms with Crippen molar-refractivity contribution in [2.24, 2.45) is 5.92 Å². The predicted octanol–water partition coefficient (Wildman–Crippen LogP) is 1.88. The Labute approximate surface area is 85.0 Å². The molecule has 1 rings (SSSR count). The van der Waals surface area contributed by atoms with Gasteiger partial charge >= 0.3 is 0 Å². The first-order chi connectivity index (χ1) is 6.20. The van der Waals surface area contributed by atoms with E-state index < -0.39 is 0 Å². The molecule has 0 aliphatic heterocycles. The van der Waals surface area contributed by atoms with Gasteiger partial charge in [-0.1, -0.05) is 31.0 Å². The maximum atomic E-state index is 9.64. The van der Waals surface area contributed by atoms with Crippen LogP contribution in [0.3, 0.4) is 0 Å². The van der Waals surface area contributed by atoms with E-state index in [0.29, 0.717) is 17.5 Å². The summed E-state index contributed by atoms with van der Waals surface area (Å²) in [5.41, 5.74) is 0. The molecule has 0 heterocycles. The largest absolute Gasteiger partial charge is 0.393 e. The molecule has 1 aliphatic rings. The van der Waals surface area contributed by atoms with Gasteiger partial charge in [-0.15, -0.1) is 0 Å². The lowest BCUT2D eigenvalue weighted by Gasteiger charge is -2.27. The number of rotatable bonds is 4. The van der Waals surface area contributed by atoms with Crippen molar-refractivity contribution < 1.29 is 5.11 Å². The SMILES string of the molecule is C=C(Cl)CNCC1CCCCC1O. The molecule has 2 unspecified atom stereocenters. The summed E-state index contributed by atoms with van der Waals surface area (Å²) < 4.78 is 0. The van der Waals surface area contributed by atoms with Gasteiger partial charge in [0, 0.05) is 18.1 Å². The van der Waals surface area contributed by atoms with Crippen LogP contribution in [0, 0.1) is 5.92 Å². The number of hydrogen-bond acceptors (Lipinski definition) is 2. The Bertz CT molecular complexity index is 172. The van der Waals surface area contributed by atoms with E-state index in [0.717, 1.165) is 19.4 Å². The summed E-state index contributed by atoms with van der Waals surface area (Å²) in [4.78, 5) is 0. The maximum Gasteiger partial charge on any atom is 0.0580 e. The third kappa shape index (κ3) is 4.12. The van der Waals surface area contributed by atoms with Gasteiger partial charge in [0.2, 0.25) is 0 Å². The average Bonchev–Trinajstić information content (AvgIpc) is 2.08. The lowest BCUT2D eigenvalue weighted by atomic mass is 9.86. The van der Waals surface area contributed by atoms with E-state index in [1.807, 2.05) is 0 Å². The molecule has 76 valence electrons. The molecule has 0 bridgehead atoms. The highest BCUT2D eigenvalue weighted by Crippen LogP contribution is 2.23. The van der Waals surface area contributed by atoms with Crippen LogP contribution in [0.15, 0.2) is 11.6 Å². The molecule has 0 aromatic carbocycles. The first-order valence-electron chi connectivity index (χ1n) is 4.92. The Morgan fingerprint density at radius 1 is 1.46 bits per heavy atom. The number of aliphatic hydroxyl groups is 1. The van der Waals surface area contributed by atoms with Crippen molar-refractivity contribution in [2.75, 3.05) is 13.1 Å². The first kappa shape index (κ1) is 11.0. The second-order valence-electron chi connectivity index (χ2n) is 3.76. The van der Waals surface area contributed by atoms with Gasteiger partial charge in [0.05, 0.1) is 6.10 Å². The van der Waals surface area contributed by atoms with Crippen molar-refractivity contribution in [2.45, 2.75) is 31.8 Å². The molecule has 0 amide bonds. The third-order valence-electron chi connectivity index (χ3n) is 2.59.